The van der Waals surface area contributed by atoms with E-state index in [1.54, 1.807) is 0 Å². The van der Waals surface area contributed by atoms with Crippen molar-refractivity contribution in [3.8, 4) is 0 Å². The molecule has 6 heteroatoms. The molecule has 0 bridgehead atoms. The zero-order valence-corrected chi connectivity index (χ0v) is 16.3. The first-order valence-electron chi connectivity index (χ1n) is 7.52. The Labute approximate surface area is 155 Å². The predicted molar refractivity (Wildman–Crippen MR) is 103 cm³/mol. The molecule has 1 atom stereocenters. The summed E-state index contributed by atoms with van der Waals surface area (Å²) in [5.41, 5.74) is 0.945. The molecule has 1 aromatic rings. The lowest BCUT2D eigenvalue weighted by molar-refractivity contribution is 0.0243. The molecule has 1 saturated heterocycles. The maximum atomic E-state index is 6.16. The van der Waals surface area contributed by atoms with Crippen LogP contribution in [0.5, 0.6) is 0 Å². The second-order valence-electron chi connectivity index (χ2n) is 5.54. The van der Waals surface area contributed by atoms with E-state index in [-0.39, 0.29) is 29.6 Å². The smallest absolute Gasteiger partial charge is 0.191 e. The molecule has 0 amide bonds. The lowest BCUT2D eigenvalue weighted by Crippen LogP contribution is -2.45. The van der Waals surface area contributed by atoms with Crippen molar-refractivity contribution in [2.45, 2.75) is 38.8 Å². The zero-order valence-electron chi connectivity index (χ0n) is 13.2. The van der Waals surface area contributed by atoms with Gasteiger partial charge in [-0.1, -0.05) is 29.8 Å². The Kier molecular flexibility index (Phi) is 8.49. The first-order chi connectivity index (χ1) is 10.1. The van der Waals surface area contributed by atoms with Gasteiger partial charge in [-0.2, -0.15) is 0 Å². The Balaban J connectivity index is 0.00000242. The number of ether oxygens (including phenoxy) is 1. The van der Waals surface area contributed by atoms with Crippen LogP contribution in [0.2, 0.25) is 5.02 Å². The van der Waals surface area contributed by atoms with E-state index in [9.17, 15) is 0 Å². The second kappa shape index (κ2) is 9.57. The zero-order chi connectivity index (χ0) is 15.1. The molecule has 1 aromatic carbocycles. The van der Waals surface area contributed by atoms with Crippen LogP contribution >= 0.6 is 35.6 Å². The Hall–Kier alpha value is -0.530. The largest absolute Gasteiger partial charge is 0.373 e. The van der Waals surface area contributed by atoms with Gasteiger partial charge in [0.2, 0.25) is 0 Å². The van der Waals surface area contributed by atoms with E-state index >= 15 is 0 Å². The highest BCUT2D eigenvalue weighted by atomic mass is 127. The molecule has 1 heterocycles. The normalized spacial score (nSPS) is 21.3. The Bertz CT molecular complexity index is 490. The third kappa shape index (κ3) is 5.93. The number of benzene rings is 1. The van der Waals surface area contributed by atoms with Gasteiger partial charge in [0, 0.05) is 24.7 Å². The summed E-state index contributed by atoms with van der Waals surface area (Å²) in [6, 6.07) is 7.79. The second-order valence-corrected chi connectivity index (χ2v) is 5.95. The molecule has 1 unspecified atom stereocenters. The van der Waals surface area contributed by atoms with Gasteiger partial charge in [0.1, 0.15) is 0 Å². The summed E-state index contributed by atoms with van der Waals surface area (Å²) in [4.78, 5) is 4.59. The van der Waals surface area contributed by atoms with Crippen molar-refractivity contribution in [1.29, 1.82) is 0 Å². The van der Waals surface area contributed by atoms with Crippen molar-refractivity contribution in [2.24, 2.45) is 4.99 Å². The van der Waals surface area contributed by atoms with Gasteiger partial charge >= 0.3 is 0 Å². The number of halogens is 2. The SMILES string of the molecule is CCNC(=NCc1ccccc1Cl)NCC1(C)CCCO1.I. The molecule has 0 saturated carbocycles. The van der Waals surface area contributed by atoms with Crippen molar-refractivity contribution in [3.05, 3.63) is 34.9 Å². The highest BCUT2D eigenvalue weighted by Crippen LogP contribution is 2.23. The van der Waals surface area contributed by atoms with E-state index in [1.165, 1.54) is 0 Å². The Morgan fingerprint density at radius 1 is 1.36 bits per heavy atom. The van der Waals surface area contributed by atoms with Crippen molar-refractivity contribution in [2.75, 3.05) is 19.7 Å². The van der Waals surface area contributed by atoms with Gasteiger partial charge in [0.25, 0.3) is 0 Å². The molecule has 1 aliphatic rings. The van der Waals surface area contributed by atoms with E-state index in [1.807, 2.05) is 24.3 Å². The maximum absolute atomic E-state index is 6.16. The van der Waals surface area contributed by atoms with Gasteiger partial charge in [-0.05, 0) is 38.3 Å². The minimum absolute atomic E-state index is 0. The van der Waals surface area contributed by atoms with E-state index in [2.05, 4.69) is 29.5 Å². The summed E-state index contributed by atoms with van der Waals surface area (Å²) < 4.78 is 5.78. The lowest BCUT2D eigenvalue weighted by atomic mass is 10.0. The Morgan fingerprint density at radius 2 is 2.14 bits per heavy atom. The van der Waals surface area contributed by atoms with Crippen molar-refractivity contribution >= 4 is 41.5 Å². The summed E-state index contributed by atoms with van der Waals surface area (Å²) in [7, 11) is 0. The molecular formula is C16H25ClIN3O. The standard InChI is InChI=1S/C16H24ClN3O.HI/c1-3-18-15(20-12-16(2)9-6-10-21-16)19-11-13-7-4-5-8-14(13)17;/h4-5,7-8H,3,6,9-12H2,1-2H3,(H2,18,19,20);1H. The summed E-state index contributed by atoms with van der Waals surface area (Å²) in [5, 5.41) is 7.37. The first kappa shape index (κ1) is 19.5. The van der Waals surface area contributed by atoms with Crippen molar-refractivity contribution < 1.29 is 4.74 Å². The molecule has 0 aliphatic carbocycles. The molecule has 2 rings (SSSR count). The monoisotopic (exact) mass is 437 g/mol. The number of rotatable bonds is 5. The van der Waals surface area contributed by atoms with Crippen LogP contribution < -0.4 is 10.6 Å². The molecule has 1 aliphatic heterocycles. The van der Waals surface area contributed by atoms with Gasteiger partial charge in [0.15, 0.2) is 5.96 Å². The summed E-state index contributed by atoms with van der Waals surface area (Å²) in [6.07, 6.45) is 2.22. The van der Waals surface area contributed by atoms with Gasteiger partial charge < -0.3 is 15.4 Å². The highest BCUT2D eigenvalue weighted by molar-refractivity contribution is 14.0. The summed E-state index contributed by atoms with van der Waals surface area (Å²) >= 11 is 6.16. The molecule has 124 valence electrons. The van der Waals surface area contributed by atoms with Gasteiger partial charge in [-0.25, -0.2) is 4.99 Å². The lowest BCUT2D eigenvalue weighted by Gasteiger charge is -2.24. The molecule has 22 heavy (non-hydrogen) atoms. The van der Waals surface area contributed by atoms with Gasteiger partial charge in [-0.15, -0.1) is 24.0 Å². The van der Waals surface area contributed by atoms with Gasteiger partial charge in [0.05, 0.1) is 12.1 Å². The third-order valence-electron chi connectivity index (χ3n) is 3.64. The topological polar surface area (TPSA) is 45.7 Å². The minimum atomic E-state index is -0.0828. The number of hydrogen-bond acceptors (Lipinski definition) is 2. The minimum Gasteiger partial charge on any atom is -0.373 e. The average molecular weight is 438 g/mol. The summed E-state index contributed by atoms with van der Waals surface area (Å²) in [5.74, 6) is 0.800. The molecule has 0 radical (unpaired) electrons. The van der Waals surface area contributed by atoms with Crippen LogP contribution in [0.15, 0.2) is 29.3 Å². The van der Waals surface area contributed by atoms with Crippen LogP contribution in [0.4, 0.5) is 0 Å². The molecular weight excluding hydrogens is 413 g/mol. The highest BCUT2D eigenvalue weighted by Gasteiger charge is 2.29. The number of guanidine groups is 1. The number of aliphatic imine (C=N–C) groups is 1. The first-order valence-corrected chi connectivity index (χ1v) is 7.90. The van der Waals surface area contributed by atoms with Crippen LogP contribution in [0.1, 0.15) is 32.3 Å². The van der Waals surface area contributed by atoms with E-state index < -0.39 is 0 Å². The number of hydrogen-bond donors (Lipinski definition) is 2. The number of nitrogens with one attached hydrogen (secondary N) is 2. The van der Waals surface area contributed by atoms with E-state index in [0.29, 0.717) is 6.54 Å². The quantitative estimate of drug-likeness (QED) is 0.420. The average Bonchev–Trinajstić information content (AvgIpc) is 2.91. The number of nitrogens with zero attached hydrogens (tertiary/aromatic N) is 1. The Morgan fingerprint density at radius 3 is 2.77 bits per heavy atom. The molecule has 0 aromatic heterocycles. The molecule has 2 N–H and O–H groups in total. The van der Waals surface area contributed by atoms with Crippen LogP contribution in [-0.2, 0) is 11.3 Å². The van der Waals surface area contributed by atoms with Crippen LogP contribution in [0.3, 0.4) is 0 Å². The van der Waals surface area contributed by atoms with Crippen LogP contribution in [-0.4, -0.2) is 31.3 Å². The fourth-order valence-electron chi connectivity index (χ4n) is 2.38. The maximum Gasteiger partial charge on any atom is 0.191 e. The fraction of sp³-hybridized carbons (Fsp3) is 0.562. The van der Waals surface area contributed by atoms with Crippen LogP contribution in [0, 0.1) is 0 Å². The molecule has 4 nitrogen and oxygen atoms in total. The van der Waals surface area contributed by atoms with E-state index in [4.69, 9.17) is 16.3 Å². The van der Waals surface area contributed by atoms with Gasteiger partial charge in [-0.3, -0.25) is 0 Å². The van der Waals surface area contributed by atoms with Crippen LogP contribution in [0.25, 0.3) is 0 Å². The third-order valence-corrected chi connectivity index (χ3v) is 4.01. The van der Waals surface area contributed by atoms with Crippen molar-refractivity contribution in [1.82, 2.24) is 10.6 Å². The van der Waals surface area contributed by atoms with E-state index in [0.717, 1.165) is 49.1 Å². The molecule has 0 spiro atoms. The fourth-order valence-corrected chi connectivity index (χ4v) is 2.58. The van der Waals surface area contributed by atoms with Crippen molar-refractivity contribution in [3.63, 3.8) is 0 Å². The predicted octanol–water partition coefficient (Wildman–Crippen LogP) is 3.58. The molecule has 1 fully saturated rings. The summed E-state index contributed by atoms with van der Waals surface area (Å²) in [6.45, 7) is 7.20.